The Balaban J connectivity index is 1.66. The molecule has 5 heteroatoms. The van der Waals surface area contributed by atoms with Gasteiger partial charge in [0, 0.05) is 31.6 Å². The van der Waals surface area contributed by atoms with E-state index < -0.39 is 0 Å². The highest BCUT2D eigenvalue weighted by molar-refractivity contribution is 5.77. The minimum absolute atomic E-state index is 0.219. The summed E-state index contributed by atoms with van der Waals surface area (Å²) in [6.45, 7) is 4.12. The molecule has 0 aliphatic carbocycles. The monoisotopic (exact) mass is 288 g/mol. The highest BCUT2D eigenvalue weighted by atomic mass is 16.1. The molecular weight excluding hydrogens is 264 g/mol. The number of carbonyl (C=O) groups is 1. The molecule has 0 bridgehead atoms. The van der Waals surface area contributed by atoms with Crippen LogP contribution in [0.2, 0.25) is 0 Å². The van der Waals surface area contributed by atoms with Gasteiger partial charge in [-0.1, -0.05) is 0 Å². The third-order valence-corrected chi connectivity index (χ3v) is 4.84. The first-order chi connectivity index (χ1) is 10.2. The molecule has 1 aromatic rings. The molecule has 3 atom stereocenters. The van der Waals surface area contributed by atoms with Gasteiger partial charge < -0.3 is 15.5 Å². The van der Waals surface area contributed by atoms with E-state index in [-0.39, 0.29) is 11.9 Å². The Kier molecular flexibility index (Phi) is 4.10. The van der Waals surface area contributed by atoms with Gasteiger partial charge in [0.05, 0.1) is 17.6 Å². The van der Waals surface area contributed by atoms with E-state index in [0.29, 0.717) is 18.4 Å². The summed E-state index contributed by atoms with van der Waals surface area (Å²) in [5, 5.41) is 6.34. The van der Waals surface area contributed by atoms with Crippen molar-refractivity contribution < 1.29 is 4.79 Å². The molecule has 2 aliphatic rings. The number of hydrogen-bond donors (Lipinski definition) is 2. The van der Waals surface area contributed by atoms with Crippen LogP contribution in [0.3, 0.4) is 0 Å². The van der Waals surface area contributed by atoms with E-state index in [0.717, 1.165) is 31.6 Å². The molecule has 1 aromatic heterocycles. The fraction of sp³-hybridized carbons (Fsp3) is 0.625. The summed E-state index contributed by atoms with van der Waals surface area (Å²) in [5.41, 5.74) is 2.26. The first kappa shape index (κ1) is 14.3. The number of aromatic nitrogens is 1. The van der Waals surface area contributed by atoms with Gasteiger partial charge >= 0.3 is 0 Å². The fourth-order valence-electron chi connectivity index (χ4n) is 3.33. The third kappa shape index (κ3) is 3.02. The summed E-state index contributed by atoms with van der Waals surface area (Å²) in [5.74, 6) is 0.795. The van der Waals surface area contributed by atoms with Gasteiger partial charge in [0.1, 0.15) is 0 Å². The van der Waals surface area contributed by atoms with Crippen LogP contribution in [0.1, 0.15) is 37.9 Å². The summed E-state index contributed by atoms with van der Waals surface area (Å²) in [4.78, 5) is 18.4. The van der Waals surface area contributed by atoms with Crippen LogP contribution in [-0.2, 0) is 4.79 Å². The van der Waals surface area contributed by atoms with Gasteiger partial charge in [-0.15, -0.1) is 0 Å². The van der Waals surface area contributed by atoms with Crippen molar-refractivity contribution in [2.45, 2.75) is 38.3 Å². The van der Waals surface area contributed by atoms with E-state index in [1.165, 1.54) is 5.69 Å². The molecule has 2 N–H and O–H groups in total. The molecular formula is C16H24N4O. The SMILES string of the molecule is CNC(C)c1ccc(N2CCC3NC(=O)CCC3C2)cn1. The first-order valence-corrected chi connectivity index (χ1v) is 7.85. The highest BCUT2D eigenvalue weighted by Gasteiger charge is 2.33. The summed E-state index contributed by atoms with van der Waals surface area (Å²) in [6.07, 6.45) is 4.69. The second-order valence-electron chi connectivity index (χ2n) is 6.16. The van der Waals surface area contributed by atoms with Gasteiger partial charge in [0.25, 0.3) is 0 Å². The van der Waals surface area contributed by atoms with Crippen LogP contribution < -0.4 is 15.5 Å². The molecule has 0 spiro atoms. The Bertz CT molecular complexity index is 502. The first-order valence-electron chi connectivity index (χ1n) is 7.85. The second-order valence-corrected chi connectivity index (χ2v) is 6.16. The van der Waals surface area contributed by atoms with E-state index in [1.807, 2.05) is 13.2 Å². The lowest BCUT2D eigenvalue weighted by Gasteiger charge is -2.42. The van der Waals surface area contributed by atoms with Crippen LogP contribution in [-0.4, -0.2) is 37.1 Å². The molecule has 114 valence electrons. The van der Waals surface area contributed by atoms with Crippen LogP contribution in [0.15, 0.2) is 18.3 Å². The topological polar surface area (TPSA) is 57.3 Å². The molecule has 21 heavy (non-hydrogen) atoms. The Morgan fingerprint density at radius 2 is 2.29 bits per heavy atom. The molecule has 0 saturated carbocycles. The quantitative estimate of drug-likeness (QED) is 0.884. The highest BCUT2D eigenvalue weighted by Crippen LogP contribution is 2.28. The van der Waals surface area contributed by atoms with Gasteiger partial charge in [-0.2, -0.15) is 0 Å². The minimum atomic E-state index is 0.219. The van der Waals surface area contributed by atoms with Gasteiger partial charge in [-0.05, 0) is 44.9 Å². The molecule has 3 unspecified atom stereocenters. The maximum Gasteiger partial charge on any atom is 0.220 e. The van der Waals surface area contributed by atoms with E-state index in [9.17, 15) is 4.79 Å². The van der Waals surface area contributed by atoms with Crippen molar-refractivity contribution in [3.63, 3.8) is 0 Å². The maximum atomic E-state index is 11.5. The molecule has 5 nitrogen and oxygen atoms in total. The van der Waals surface area contributed by atoms with Gasteiger partial charge in [-0.25, -0.2) is 0 Å². The molecule has 1 amide bonds. The number of pyridine rings is 1. The average molecular weight is 288 g/mol. The van der Waals surface area contributed by atoms with Crippen LogP contribution in [0, 0.1) is 5.92 Å². The Hall–Kier alpha value is -1.62. The smallest absolute Gasteiger partial charge is 0.220 e. The predicted molar refractivity (Wildman–Crippen MR) is 83.2 cm³/mol. The zero-order chi connectivity index (χ0) is 14.8. The van der Waals surface area contributed by atoms with E-state index in [4.69, 9.17) is 0 Å². The number of fused-ring (bicyclic) bond motifs is 1. The summed E-state index contributed by atoms with van der Waals surface area (Å²) in [7, 11) is 1.95. The molecule has 3 rings (SSSR count). The number of carbonyl (C=O) groups excluding carboxylic acids is 1. The average Bonchev–Trinajstić information content (AvgIpc) is 2.53. The Morgan fingerprint density at radius 3 is 3.00 bits per heavy atom. The third-order valence-electron chi connectivity index (χ3n) is 4.84. The standard InChI is InChI=1S/C16H24N4O/c1-11(17-2)14-5-4-13(9-18-14)20-8-7-15-12(10-20)3-6-16(21)19-15/h4-5,9,11-12,15,17H,3,6-8,10H2,1-2H3,(H,19,21). The van der Waals surface area contributed by atoms with Crippen molar-refractivity contribution >= 4 is 11.6 Å². The summed E-state index contributed by atoms with van der Waals surface area (Å²) in [6, 6.07) is 4.92. The summed E-state index contributed by atoms with van der Waals surface area (Å²) < 4.78 is 0. The van der Waals surface area contributed by atoms with Crippen molar-refractivity contribution in [1.82, 2.24) is 15.6 Å². The van der Waals surface area contributed by atoms with E-state index in [2.05, 4.69) is 39.6 Å². The van der Waals surface area contributed by atoms with Crippen molar-refractivity contribution in [3.05, 3.63) is 24.0 Å². The van der Waals surface area contributed by atoms with Gasteiger partial charge in [0.15, 0.2) is 0 Å². The molecule has 3 heterocycles. The minimum Gasteiger partial charge on any atom is -0.370 e. The lowest BCUT2D eigenvalue weighted by Crippen LogP contribution is -2.54. The zero-order valence-corrected chi connectivity index (χ0v) is 12.8. The lowest BCUT2D eigenvalue weighted by atomic mass is 9.85. The van der Waals surface area contributed by atoms with Crippen molar-refractivity contribution in [3.8, 4) is 0 Å². The second kappa shape index (κ2) is 6.02. The lowest BCUT2D eigenvalue weighted by molar-refractivity contribution is -0.124. The number of hydrogen-bond acceptors (Lipinski definition) is 4. The van der Waals surface area contributed by atoms with Crippen LogP contribution in [0.5, 0.6) is 0 Å². The largest absolute Gasteiger partial charge is 0.370 e. The number of piperidine rings is 2. The normalized spacial score (nSPS) is 27.0. The maximum absolute atomic E-state index is 11.5. The fourth-order valence-corrected chi connectivity index (χ4v) is 3.33. The van der Waals surface area contributed by atoms with Crippen LogP contribution in [0.4, 0.5) is 5.69 Å². The molecule has 2 saturated heterocycles. The van der Waals surface area contributed by atoms with Crippen LogP contribution >= 0.6 is 0 Å². The van der Waals surface area contributed by atoms with E-state index in [1.54, 1.807) is 0 Å². The number of amides is 1. The number of nitrogens with zero attached hydrogens (tertiary/aromatic N) is 2. The molecule has 0 aromatic carbocycles. The molecule has 0 radical (unpaired) electrons. The number of anilines is 1. The Labute approximate surface area is 126 Å². The Morgan fingerprint density at radius 1 is 1.43 bits per heavy atom. The van der Waals surface area contributed by atoms with Gasteiger partial charge in [0.2, 0.25) is 5.91 Å². The van der Waals surface area contributed by atoms with Gasteiger partial charge in [-0.3, -0.25) is 9.78 Å². The van der Waals surface area contributed by atoms with Crippen molar-refractivity contribution in [2.75, 3.05) is 25.0 Å². The van der Waals surface area contributed by atoms with E-state index >= 15 is 0 Å². The summed E-state index contributed by atoms with van der Waals surface area (Å²) >= 11 is 0. The van der Waals surface area contributed by atoms with Crippen molar-refractivity contribution in [2.24, 2.45) is 5.92 Å². The number of nitrogens with one attached hydrogen (secondary N) is 2. The molecule has 2 aliphatic heterocycles. The van der Waals surface area contributed by atoms with Crippen molar-refractivity contribution in [1.29, 1.82) is 0 Å². The molecule has 2 fully saturated rings. The predicted octanol–water partition coefficient (Wildman–Crippen LogP) is 1.47. The van der Waals surface area contributed by atoms with Crippen LogP contribution in [0.25, 0.3) is 0 Å². The number of rotatable bonds is 3. The zero-order valence-electron chi connectivity index (χ0n) is 12.8.